The number of ether oxygens (including phenoxy) is 1. The van der Waals surface area contributed by atoms with Crippen LogP contribution < -0.4 is 16.0 Å². The van der Waals surface area contributed by atoms with E-state index in [0.29, 0.717) is 6.04 Å². The molecule has 3 N–H and O–H groups in total. The second kappa shape index (κ2) is 6.26. The van der Waals surface area contributed by atoms with Crippen molar-refractivity contribution >= 4 is 17.4 Å². The van der Waals surface area contributed by atoms with Gasteiger partial charge < -0.3 is 20.7 Å². The largest absolute Gasteiger partial charge is 0.382 e. The lowest BCUT2D eigenvalue weighted by molar-refractivity contribution is 0.0904. The maximum absolute atomic E-state index is 11.1. The third-order valence-corrected chi connectivity index (χ3v) is 2.96. The van der Waals surface area contributed by atoms with Gasteiger partial charge in [-0.3, -0.25) is 0 Å². The zero-order valence-corrected chi connectivity index (χ0v) is 10.5. The Morgan fingerprint density at radius 3 is 2.39 bits per heavy atom. The van der Waals surface area contributed by atoms with Crippen LogP contribution in [0.2, 0.25) is 0 Å². The summed E-state index contributed by atoms with van der Waals surface area (Å²) in [6.07, 6.45) is 2.08. The molecule has 0 spiro atoms. The van der Waals surface area contributed by atoms with Crippen molar-refractivity contribution in [3.05, 3.63) is 24.3 Å². The highest BCUT2D eigenvalue weighted by Gasteiger charge is 2.12. The average molecular weight is 249 g/mol. The lowest BCUT2D eigenvalue weighted by atomic mass is 10.1. The molecule has 1 aliphatic heterocycles. The molecule has 2 amide bonds. The molecule has 0 bridgehead atoms. The van der Waals surface area contributed by atoms with Crippen molar-refractivity contribution in [2.45, 2.75) is 18.9 Å². The number of hydrogen-bond acceptors (Lipinski definition) is 3. The SMILES string of the molecule is CNC(=O)Nc1ccc(NC2CCOCC2)cc1. The quantitative estimate of drug-likeness (QED) is 0.768. The highest BCUT2D eigenvalue weighted by Crippen LogP contribution is 2.17. The second-order valence-corrected chi connectivity index (χ2v) is 4.31. The van der Waals surface area contributed by atoms with E-state index in [2.05, 4.69) is 16.0 Å². The fourth-order valence-electron chi connectivity index (χ4n) is 1.92. The van der Waals surface area contributed by atoms with Crippen LogP contribution in [0.1, 0.15) is 12.8 Å². The number of hydrogen-bond donors (Lipinski definition) is 3. The number of rotatable bonds is 3. The van der Waals surface area contributed by atoms with Crippen LogP contribution in [0.5, 0.6) is 0 Å². The molecule has 0 unspecified atom stereocenters. The number of benzene rings is 1. The maximum Gasteiger partial charge on any atom is 0.318 e. The molecule has 98 valence electrons. The van der Waals surface area contributed by atoms with E-state index in [9.17, 15) is 4.79 Å². The first-order chi connectivity index (χ1) is 8.78. The average Bonchev–Trinajstić information content (AvgIpc) is 2.42. The molecule has 0 atom stereocenters. The van der Waals surface area contributed by atoms with Crippen LogP contribution in [-0.4, -0.2) is 32.3 Å². The predicted octanol–water partition coefficient (Wildman–Crippen LogP) is 2.03. The third-order valence-electron chi connectivity index (χ3n) is 2.96. The summed E-state index contributed by atoms with van der Waals surface area (Å²) in [5.74, 6) is 0. The van der Waals surface area contributed by atoms with Crippen molar-refractivity contribution in [3.8, 4) is 0 Å². The summed E-state index contributed by atoms with van der Waals surface area (Å²) in [6, 6.07) is 7.99. The summed E-state index contributed by atoms with van der Waals surface area (Å²) < 4.78 is 5.32. The Kier molecular flexibility index (Phi) is 4.41. The Bertz CT molecular complexity index is 386. The van der Waals surface area contributed by atoms with Crippen molar-refractivity contribution in [2.24, 2.45) is 0 Å². The number of urea groups is 1. The van der Waals surface area contributed by atoms with Crippen molar-refractivity contribution in [1.82, 2.24) is 5.32 Å². The molecule has 0 aromatic heterocycles. The Labute approximate surface area is 107 Å². The minimum absolute atomic E-state index is 0.208. The van der Waals surface area contributed by atoms with E-state index in [-0.39, 0.29) is 6.03 Å². The van der Waals surface area contributed by atoms with Gasteiger partial charge in [0.15, 0.2) is 0 Å². The molecule has 0 saturated carbocycles. The van der Waals surface area contributed by atoms with Gasteiger partial charge in [-0.15, -0.1) is 0 Å². The van der Waals surface area contributed by atoms with Gasteiger partial charge in [0, 0.05) is 37.7 Å². The number of carbonyl (C=O) groups excluding carboxylic acids is 1. The summed E-state index contributed by atoms with van der Waals surface area (Å²) >= 11 is 0. The Morgan fingerprint density at radius 1 is 1.17 bits per heavy atom. The first-order valence-electron chi connectivity index (χ1n) is 6.21. The van der Waals surface area contributed by atoms with E-state index in [1.54, 1.807) is 7.05 Å². The second-order valence-electron chi connectivity index (χ2n) is 4.31. The van der Waals surface area contributed by atoms with E-state index in [4.69, 9.17) is 4.74 Å². The van der Waals surface area contributed by atoms with E-state index in [1.807, 2.05) is 24.3 Å². The van der Waals surface area contributed by atoms with Gasteiger partial charge in [0.1, 0.15) is 0 Å². The molecule has 1 aromatic rings. The molecule has 18 heavy (non-hydrogen) atoms. The van der Waals surface area contributed by atoms with Gasteiger partial charge >= 0.3 is 6.03 Å². The Morgan fingerprint density at radius 2 is 1.78 bits per heavy atom. The lowest BCUT2D eigenvalue weighted by Crippen LogP contribution is -2.27. The summed E-state index contributed by atoms with van der Waals surface area (Å²) in [5, 5.41) is 8.71. The first-order valence-corrected chi connectivity index (χ1v) is 6.21. The first kappa shape index (κ1) is 12.7. The van der Waals surface area contributed by atoms with Gasteiger partial charge in [-0.25, -0.2) is 4.79 Å². The van der Waals surface area contributed by atoms with Crippen molar-refractivity contribution < 1.29 is 9.53 Å². The van der Waals surface area contributed by atoms with Crippen LogP contribution >= 0.6 is 0 Å². The van der Waals surface area contributed by atoms with Crippen molar-refractivity contribution in [2.75, 3.05) is 30.9 Å². The van der Waals surface area contributed by atoms with Crippen LogP contribution in [0.4, 0.5) is 16.2 Å². The summed E-state index contributed by atoms with van der Waals surface area (Å²) in [7, 11) is 1.59. The third kappa shape index (κ3) is 3.63. The van der Waals surface area contributed by atoms with E-state index < -0.39 is 0 Å². The number of nitrogens with one attached hydrogen (secondary N) is 3. The molecule has 1 saturated heterocycles. The molecule has 5 heteroatoms. The summed E-state index contributed by atoms with van der Waals surface area (Å²) in [5.41, 5.74) is 1.86. The van der Waals surface area contributed by atoms with E-state index in [0.717, 1.165) is 37.4 Å². The van der Waals surface area contributed by atoms with Gasteiger partial charge in [-0.2, -0.15) is 0 Å². The Hall–Kier alpha value is -1.75. The number of carbonyl (C=O) groups is 1. The summed E-state index contributed by atoms with van der Waals surface area (Å²) in [6.45, 7) is 1.65. The topological polar surface area (TPSA) is 62.4 Å². The molecular weight excluding hydrogens is 230 g/mol. The van der Waals surface area contributed by atoms with Crippen molar-refractivity contribution in [3.63, 3.8) is 0 Å². The van der Waals surface area contributed by atoms with Gasteiger partial charge in [0.25, 0.3) is 0 Å². The van der Waals surface area contributed by atoms with Crippen LogP contribution in [0.3, 0.4) is 0 Å². The number of anilines is 2. The molecule has 1 aliphatic rings. The van der Waals surface area contributed by atoms with Gasteiger partial charge in [0.05, 0.1) is 0 Å². The zero-order valence-electron chi connectivity index (χ0n) is 10.5. The highest BCUT2D eigenvalue weighted by atomic mass is 16.5. The predicted molar refractivity (Wildman–Crippen MR) is 72.0 cm³/mol. The molecule has 0 radical (unpaired) electrons. The highest BCUT2D eigenvalue weighted by molar-refractivity contribution is 5.89. The molecule has 0 aliphatic carbocycles. The lowest BCUT2D eigenvalue weighted by Gasteiger charge is -2.24. The standard InChI is InChI=1S/C13H19N3O2/c1-14-13(17)16-11-4-2-10(3-5-11)15-12-6-8-18-9-7-12/h2-5,12,15H,6-9H2,1H3,(H2,14,16,17). The minimum Gasteiger partial charge on any atom is -0.382 e. The molecule has 2 rings (SSSR count). The smallest absolute Gasteiger partial charge is 0.318 e. The normalized spacial score (nSPS) is 16.1. The fraction of sp³-hybridized carbons (Fsp3) is 0.462. The van der Waals surface area contributed by atoms with Crippen LogP contribution in [0, 0.1) is 0 Å². The van der Waals surface area contributed by atoms with Gasteiger partial charge in [-0.05, 0) is 37.1 Å². The molecule has 1 heterocycles. The molecular formula is C13H19N3O2. The van der Waals surface area contributed by atoms with Crippen molar-refractivity contribution in [1.29, 1.82) is 0 Å². The summed E-state index contributed by atoms with van der Waals surface area (Å²) in [4.78, 5) is 11.1. The number of amides is 2. The molecule has 1 aromatic carbocycles. The van der Waals surface area contributed by atoms with Crippen LogP contribution in [0.15, 0.2) is 24.3 Å². The maximum atomic E-state index is 11.1. The molecule has 5 nitrogen and oxygen atoms in total. The van der Waals surface area contributed by atoms with Gasteiger partial charge in [0.2, 0.25) is 0 Å². The van der Waals surface area contributed by atoms with E-state index >= 15 is 0 Å². The monoisotopic (exact) mass is 249 g/mol. The fourth-order valence-corrected chi connectivity index (χ4v) is 1.92. The van der Waals surface area contributed by atoms with Gasteiger partial charge in [-0.1, -0.05) is 0 Å². The minimum atomic E-state index is -0.208. The zero-order chi connectivity index (χ0) is 12.8. The van der Waals surface area contributed by atoms with Crippen LogP contribution in [0.25, 0.3) is 0 Å². The van der Waals surface area contributed by atoms with Crippen LogP contribution in [-0.2, 0) is 4.74 Å². The van der Waals surface area contributed by atoms with E-state index in [1.165, 1.54) is 0 Å². The Balaban J connectivity index is 1.88. The molecule has 1 fully saturated rings.